The zero-order valence-corrected chi connectivity index (χ0v) is 12.4. The first-order valence-corrected chi connectivity index (χ1v) is 4.47. The van der Waals surface area contributed by atoms with E-state index in [0.29, 0.717) is 0 Å². The van der Waals surface area contributed by atoms with Crippen LogP contribution in [0.4, 0.5) is 17.3 Å². The van der Waals surface area contributed by atoms with Crippen molar-refractivity contribution in [2.24, 2.45) is 0 Å². The maximum atomic E-state index is 13.1. The third kappa shape index (κ3) is 4.37. The minimum absolute atomic E-state index is 0. The van der Waals surface area contributed by atoms with Gasteiger partial charge in [0.25, 0.3) is 0 Å². The molecule has 0 heterocycles. The fourth-order valence-electron chi connectivity index (χ4n) is 1.14. The molecular weight excluding hydrogens is 250 g/mol. The number of hydrogen-bond acceptors (Lipinski definition) is 1. The molecule has 1 nitrogen and oxygen atoms in total. The van der Waals surface area contributed by atoms with E-state index in [1.54, 1.807) is 13.8 Å². The third-order valence-corrected chi connectivity index (χ3v) is 1.70. The Labute approximate surface area is 134 Å². The number of benzene rings is 1. The molecule has 0 aliphatic carbocycles. The first-order chi connectivity index (χ1) is 6.82. The fourth-order valence-corrected chi connectivity index (χ4v) is 1.14. The molecule has 0 radical (unpaired) electrons. The molecule has 0 spiro atoms. The predicted octanol–water partition coefficient (Wildman–Crippen LogP) is -0.329. The topological polar surface area (TPSA) is 9.23 Å². The summed E-state index contributed by atoms with van der Waals surface area (Å²) in [6.45, 7) is -2.17. The van der Waals surface area contributed by atoms with Crippen LogP contribution in [0.1, 0.15) is 13.8 Å². The van der Waals surface area contributed by atoms with Crippen LogP contribution in [-0.2, 0) is 0 Å². The molecule has 0 saturated carbocycles. The second-order valence-electron chi connectivity index (χ2n) is 3.40. The zero-order valence-electron chi connectivity index (χ0n) is 9.31. The van der Waals surface area contributed by atoms with Crippen molar-refractivity contribution in [1.82, 2.24) is 0 Å². The second kappa shape index (κ2) is 6.39. The van der Waals surface area contributed by atoms with Crippen LogP contribution in [0.25, 0.3) is 0 Å². The molecule has 0 atom stereocenters. The van der Waals surface area contributed by atoms with Crippen molar-refractivity contribution in [2.45, 2.75) is 20.0 Å². The maximum absolute atomic E-state index is 13.1. The Morgan fingerprint density at radius 2 is 1.75 bits per heavy atom. The molecule has 0 unspecified atom stereocenters. The number of ether oxygens (including phenoxy) is 1. The summed E-state index contributed by atoms with van der Waals surface area (Å²) in [5, 5.41) is 0. The van der Waals surface area contributed by atoms with Gasteiger partial charge >= 0.3 is 58.4 Å². The smallest absolute Gasteiger partial charge is 0.491 e. The van der Waals surface area contributed by atoms with E-state index in [9.17, 15) is 17.3 Å². The largest absolute Gasteiger partial charge is 1.00 e. The van der Waals surface area contributed by atoms with E-state index in [0.717, 1.165) is 18.2 Å². The summed E-state index contributed by atoms with van der Waals surface area (Å²) in [6.07, 6.45) is -0.501. The minimum atomic E-state index is -5.25. The number of halogens is 4. The molecule has 84 valence electrons. The molecule has 7 heteroatoms. The van der Waals surface area contributed by atoms with Gasteiger partial charge in [0.2, 0.25) is 0 Å². The van der Waals surface area contributed by atoms with Crippen LogP contribution in [0.15, 0.2) is 18.2 Å². The van der Waals surface area contributed by atoms with Crippen LogP contribution in [0.2, 0.25) is 0 Å². The van der Waals surface area contributed by atoms with Gasteiger partial charge in [0, 0.05) is 0 Å². The van der Waals surface area contributed by atoms with Crippen LogP contribution in [-0.4, -0.2) is 13.1 Å². The summed E-state index contributed by atoms with van der Waals surface area (Å²) in [4.78, 5) is 0. The Morgan fingerprint density at radius 1 is 1.19 bits per heavy atom. The van der Waals surface area contributed by atoms with Gasteiger partial charge in [-0.1, -0.05) is 17.6 Å². The molecular formula is C9H10BF4KO. The molecule has 0 bridgehead atoms. The van der Waals surface area contributed by atoms with Gasteiger partial charge in [-0.15, -0.1) is 0 Å². The van der Waals surface area contributed by atoms with Crippen molar-refractivity contribution in [1.29, 1.82) is 0 Å². The molecule has 1 rings (SSSR count). The molecule has 0 aliphatic heterocycles. The minimum Gasteiger partial charge on any atom is -0.491 e. The summed E-state index contributed by atoms with van der Waals surface area (Å²) >= 11 is 0. The van der Waals surface area contributed by atoms with Gasteiger partial charge in [-0.3, -0.25) is 0 Å². The summed E-state index contributed by atoms with van der Waals surface area (Å²) in [5.41, 5.74) is -1.02. The summed E-state index contributed by atoms with van der Waals surface area (Å²) in [6, 6.07) is 2.79. The normalized spacial score (nSPS) is 11.2. The Balaban J connectivity index is 0.00000225. The van der Waals surface area contributed by atoms with Crippen LogP contribution >= 0.6 is 0 Å². The van der Waals surface area contributed by atoms with Crippen molar-refractivity contribution in [3.8, 4) is 5.75 Å². The Hall–Kier alpha value is 0.441. The summed E-state index contributed by atoms with van der Waals surface area (Å²) in [7, 11) is 0. The van der Waals surface area contributed by atoms with E-state index >= 15 is 0 Å². The van der Waals surface area contributed by atoms with Crippen molar-refractivity contribution in [2.75, 3.05) is 0 Å². The van der Waals surface area contributed by atoms with Gasteiger partial charge in [-0.2, -0.15) is 0 Å². The average molecular weight is 260 g/mol. The molecule has 0 aromatic heterocycles. The molecule has 0 N–H and O–H groups in total. The molecule has 1 aromatic rings. The van der Waals surface area contributed by atoms with Crippen molar-refractivity contribution in [3.63, 3.8) is 0 Å². The van der Waals surface area contributed by atoms with Gasteiger partial charge in [0.1, 0.15) is 5.75 Å². The number of rotatable bonds is 3. The van der Waals surface area contributed by atoms with E-state index in [2.05, 4.69) is 0 Å². The Morgan fingerprint density at radius 3 is 2.19 bits per heavy atom. The van der Waals surface area contributed by atoms with E-state index < -0.39 is 30.1 Å². The molecule has 1 aromatic carbocycles. The molecule has 0 aliphatic rings. The summed E-state index contributed by atoms with van der Waals surface area (Å²) in [5.74, 6) is -1.69. The fraction of sp³-hybridized carbons (Fsp3) is 0.333. The number of para-hydroxylation sites is 1. The van der Waals surface area contributed by atoms with E-state index in [1.165, 1.54) is 0 Å². The van der Waals surface area contributed by atoms with E-state index in [1.807, 2.05) is 0 Å². The second-order valence-corrected chi connectivity index (χ2v) is 3.40. The zero-order chi connectivity index (χ0) is 11.6. The predicted molar refractivity (Wildman–Crippen MR) is 50.9 cm³/mol. The first kappa shape index (κ1) is 16.4. The average Bonchev–Trinajstić information content (AvgIpc) is 2.05. The first-order valence-electron chi connectivity index (χ1n) is 4.47. The van der Waals surface area contributed by atoms with E-state index in [4.69, 9.17) is 4.74 Å². The SMILES string of the molecule is CC(C)Oc1c(F)cccc1[B-](F)(F)F.[K+]. The summed E-state index contributed by atoms with van der Waals surface area (Å²) < 4.78 is 55.4. The Bertz CT molecular complexity index is 354. The van der Waals surface area contributed by atoms with Crippen molar-refractivity contribution >= 4 is 12.4 Å². The van der Waals surface area contributed by atoms with E-state index in [-0.39, 0.29) is 51.4 Å². The van der Waals surface area contributed by atoms with Crippen LogP contribution in [0, 0.1) is 5.82 Å². The molecule has 0 saturated heterocycles. The maximum Gasteiger partial charge on any atom is 1.00 e. The monoisotopic (exact) mass is 260 g/mol. The molecule has 0 fully saturated rings. The molecule has 16 heavy (non-hydrogen) atoms. The molecule has 0 amide bonds. The van der Waals surface area contributed by atoms with Gasteiger partial charge in [-0.05, 0) is 19.9 Å². The number of hydrogen-bond donors (Lipinski definition) is 0. The van der Waals surface area contributed by atoms with Crippen molar-refractivity contribution < 1.29 is 73.5 Å². The third-order valence-electron chi connectivity index (χ3n) is 1.70. The van der Waals surface area contributed by atoms with Crippen LogP contribution in [0.3, 0.4) is 0 Å². The van der Waals surface area contributed by atoms with Crippen LogP contribution < -0.4 is 61.6 Å². The van der Waals surface area contributed by atoms with Gasteiger partial charge in [0.15, 0.2) is 5.82 Å². The van der Waals surface area contributed by atoms with Gasteiger partial charge in [0.05, 0.1) is 6.10 Å². The van der Waals surface area contributed by atoms with Gasteiger partial charge in [-0.25, -0.2) is 4.39 Å². The van der Waals surface area contributed by atoms with Crippen LogP contribution in [0.5, 0.6) is 5.75 Å². The van der Waals surface area contributed by atoms with Gasteiger partial charge < -0.3 is 17.7 Å². The van der Waals surface area contributed by atoms with Crippen molar-refractivity contribution in [3.05, 3.63) is 24.0 Å². The standard InChI is InChI=1S/C9H10BF4O.K/c1-6(2)15-9-7(10(12,13)14)4-3-5-8(9)11;/h3-6H,1-2H3;/q-1;+1. The quantitative estimate of drug-likeness (QED) is 0.534. The Kier molecular flexibility index (Phi) is 6.57.